The van der Waals surface area contributed by atoms with E-state index in [0.29, 0.717) is 16.7 Å². The second-order valence-corrected chi connectivity index (χ2v) is 9.07. The fraction of sp³-hybridized carbons (Fsp3) is 0.167. The van der Waals surface area contributed by atoms with Crippen molar-refractivity contribution in [3.8, 4) is 16.9 Å². The number of anilines is 1. The molecular formula is C24H24N2O6S. The number of aryl methyl sites for hydroxylation is 2. The number of hydrogen-bond acceptors (Lipinski definition) is 7. The van der Waals surface area contributed by atoms with Crippen LogP contribution >= 0.6 is 0 Å². The number of hydrogen-bond donors (Lipinski definition) is 1. The van der Waals surface area contributed by atoms with Crippen molar-refractivity contribution in [2.24, 2.45) is 7.05 Å². The van der Waals surface area contributed by atoms with E-state index in [2.05, 4.69) is 0 Å². The van der Waals surface area contributed by atoms with Crippen molar-refractivity contribution in [2.45, 2.75) is 11.8 Å². The van der Waals surface area contributed by atoms with Gasteiger partial charge in [-0.05, 0) is 42.8 Å². The topological polar surface area (TPSA) is 115 Å². The number of phenolic OH excluding ortho intramolecular Hbond substituents is 1. The van der Waals surface area contributed by atoms with E-state index in [0.717, 1.165) is 22.7 Å². The minimum absolute atomic E-state index is 0.227. The van der Waals surface area contributed by atoms with Gasteiger partial charge in [0.15, 0.2) is 12.4 Å². The summed E-state index contributed by atoms with van der Waals surface area (Å²) in [5.41, 5.74) is 3.08. The van der Waals surface area contributed by atoms with Crippen molar-refractivity contribution in [3.63, 3.8) is 0 Å². The largest absolute Gasteiger partial charge is 0.744 e. The van der Waals surface area contributed by atoms with E-state index in [4.69, 9.17) is 9.52 Å². The van der Waals surface area contributed by atoms with E-state index in [1.54, 1.807) is 0 Å². The Morgan fingerprint density at radius 3 is 2.24 bits per heavy atom. The van der Waals surface area contributed by atoms with Crippen LogP contribution in [0.4, 0.5) is 5.69 Å². The monoisotopic (exact) mass is 468 g/mol. The molecule has 2 aromatic heterocycles. The average molecular weight is 469 g/mol. The molecule has 0 aliphatic rings. The average Bonchev–Trinajstić information content (AvgIpc) is 2.75. The zero-order chi connectivity index (χ0) is 24.3. The number of rotatable bonds is 3. The van der Waals surface area contributed by atoms with Crippen LogP contribution in [0.5, 0.6) is 5.75 Å². The van der Waals surface area contributed by atoms with Gasteiger partial charge in [0.25, 0.3) is 0 Å². The molecule has 172 valence electrons. The number of benzene rings is 2. The van der Waals surface area contributed by atoms with Gasteiger partial charge >= 0.3 is 5.63 Å². The SMILES string of the molecule is CN(C)c1ccc2cc(-c3cc[n+](C)cc3)c(=O)oc2c1.Cc1ccc(O)cc1S(=O)(=O)[O-]. The fourth-order valence-corrected chi connectivity index (χ4v) is 3.85. The lowest BCUT2D eigenvalue weighted by atomic mass is 10.1. The summed E-state index contributed by atoms with van der Waals surface area (Å²) in [7, 11) is 1.39. The molecule has 1 N–H and O–H groups in total. The summed E-state index contributed by atoms with van der Waals surface area (Å²) in [6.45, 7) is 1.49. The lowest BCUT2D eigenvalue weighted by molar-refractivity contribution is -0.671. The van der Waals surface area contributed by atoms with Crippen molar-refractivity contribution in [2.75, 3.05) is 19.0 Å². The zero-order valence-electron chi connectivity index (χ0n) is 18.6. The third-order valence-corrected chi connectivity index (χ3v) is 5.94. The number of aromatic nitrogens is 1. The van der Waals surface area contributed by atoms with Crippen molar-refractivity contribution >= 4 is 26.8 Å². The molecule has 0 unspecified atom stereocenters. The lowest BCUT2D eigenvalue weighted by Crippen LogP contribution is -2.25. The summed E-state index contributed by atoms with van der Waals surface area (Å²) in [5, 5.41) is 9.82. The van der Waals surface area contributed by atoms with Crippen LogP contribution in [0.3, 0.4) is 0 Å². The Hall–Kier alpha value is -3.69. The van der Waals surface area contributed by atoms with Gasteiger partial charge in [-0.25, -0.2) is 17.8 Å². The Kier molecular flexibility index (Phi) is 6.85. The maximum absolute atomic E-state index is 12.2. The standard InChI is InChI=1S/C17H17N2O2.C7H8O4S/c1-18(2)14-5-4-13-10-15(17(20)21-16(13)11-14)12-6-8-19(3)9-7-12;1-5-2-3-6(8)4-7(5)12(9,10)11/h4-11H,1-3H3;2-4,8H,1H3,(H,9,10,11)/q+1;/p-1. The highest BCUT2D eigenvalue weighted by Crippen LogP contribution is 2.24. The van der Waals surface area contributed by atoms with Crippen molar-refractivity contribution in [1.29, 1.82) is 0 Å². The molecule has 2 heterocycles. The van der Waals surface area contributed by atoms with Gasteiger partial charge in [0.05, 0.1) is 10.5 Å². The van der Waals surface area contributed by atoms with Crippen LogP contribution in [0.15, 0.2) is 81.1 Å². The van der Waals surface area contributed by atoms with Crippen LogP contribution in [0, 0.1) is 6.92 Å². The molecule has 0 amide bonds. The van der Waals surface area contributed by atoms with Gasteiger partial charge in [0, 0.05) is 48.9 Å². The minimum Gasteiger partial charge on any atom is -0.744 e. The maximum Gasteiger partial charge on any atom is 0.344 e. The number of phenols is 1. The van der Waals surface area contributed by atoms with Crippen LogP contribution < -0.4 is 15.1 Å². The Bertz CT molecular complexity index is 1460. The highest BCUT2D eigenvalue weighted by molar-refractivity contribution is 7.85. The van der Waals surface area contributed by atoms with Crippen LogP contribution in [-0.4, -0.2) is 32.2 Å². The van der Waals surface area contributed by atoms with E-state index in [-0.39, 0.29) is 16.3 Å². The number of fused-ring (bicyclic) bond motifs is 1. The zero-order valence-corrected chi connectivity index (χ0v) is 19.5. The summed E-state index contributed by atoms with van der Waals surface area (Å²) < 4.78 is 39.0. The molecule has 9 heteroatoms. The van der Waals surface area contributed by atoms with Crippen molar-refractivity contribution in [1.82, 2.24) is 0 Å². The van der Waals surface area contributed by atoms with Gasteiger partial charge in [-0.3, -0.25) is 0 Å². The molecule has 4 rings (SSSR count). The summed E-state index contributed by atoms with van der Waals surface area (Å²) in [6, 6.07) is 15.2. The highest BCUT2D eigenvalue weighted by atomic mass is 32.2. The van der Waals surface area contributed by atoms with Gasteiger partial charge in [-0.2, -0.15) is 0 Å². The fourth-order valence-electron chi connectivity index (χ4n) is 3.12. The normalized spacial score (nSPS) is 11.1. The molecule has 33 heavy (non-hydrogen) atoms. The first-order valence-corrected chi connectivity index (χ1v) is 11.3. The van der Waals surface area contributed by atoms with Gasteiger partial charge < -0.3 is 19.0 Å². The van der Waals surface area contributed by atoms with Crippen LogP contribution in [0.2, 0.25) is 0 Å². The first kappa shape index (κ1) is 24.0. The molecule has 0 aliphatic heterocycles. The molecule has 0 bridgehead atoms. The first-order chi connectivity index (χ1) is 15.5. The molecule has 2 aromatic carbocycles. The smallest absolute Gasteiger partial charge is 0.344 e. The predicted octanol–water partition coefficient (Wildman–Crippen LogP) is 2.96. The van der Waals surface area contributed by atoms with Gasteiger partial charge in [0.2, 0.25) is 0 Å². The number of pyridine rings is 1. The molecule has 0 saturated heterocycles. The molecule has 0 radical (unpaired) electrons. The molecule has 0 atom stereocenters. The molecule has 0 spiro atoms. The minimum atomic E-state index is -4.47. The van der Waals surface area contributed by atoms with E-state index in [1.165, 1.54) is 19.1 Å². The Balaban J connectivity index is 0.000000218. The van der Waals surface area contributed by atoms with Crippen molar-refractivity contribution < 1.29 is 27.1 Å². The Morgan fingerprint density at radius 2 is 1.67 bits per heavy atom. The van der Waals surface area contributed by atoms with Crippen LogP contribution in [0.1, 0.15) is 5.56 Å². The first-order valence-electron chi connectivity index (χ1n) is 9.92. The summed E-state index contributed by atoms with van der Waals surface area (Å²) in [6.07, 6.45) is 3.82. The van der Waals surface area contributed by atoms with E-state index in [9.17, 15) is 17.8 Å². The quantitative estimate of drug-likeness (QED) is 0.279. The lowest BCUT2D eigenvalue weighted by Gasteiger charge is -2.12. The van der Waals surface area contributed by atoms with Crippen LogP contribution in [0.25, 0.3) is 22.1 Å². The Morgan fingerprint density at radius 1 is 1.00 bits per heavy atom. The number of nitrogens with zero attached hydrogens (tertiary/aromatic N) is 2. The third kappa shape index (κ3) is 5.76. The van der Waals surface area contributed by atoms with Gasteiger partial charge in [-0.15, -0.1) is 0 Å². The summed E-state index contributed by atoms with van der Waals surface area (Å²) in [5.74, 6) is -0.227. The molecular weight excluding hydrogens is 444 g/mol. The molecule has 0 aliphatic carbocycles. The van der Waals surface area contributed by atoms with E-state index >= 15 is 0 Å². The van der Waals surface area contributed by atoms with E-state index in [1.807, 2.05) is 79.4 Å². The van der Waals surface area contributed by atoms with Crippen molar-refractivity contribution in [3.05, 3.63) is 83.0 Å². The Labute approximate surface area is 191 Å². The predicted molar refractivity (Wildman–Crippen MR) is 124 cm³/mol. The second kappa shape index (κ2) is 9.43. The van der Waals surface area contributed by atoms with Gasteiger partial charge in [-0.1, -0.05) is 6.07 Å². The molecule has 8 nitrogen and oxygen atoms in total. The van der Waals surface area contributed by atoms with Gasteiger partial charge in [0.1, 0.15) is 28.5 Å². The summed E-state index contributed by atoms with van der Waals surface area (Å²) in [4.78, 5) is 13.8. The summed E-state index contributed by atoms with van der Waals surface area (Å²) >= 11 is 0. The highest BCUT2D eigenvalue weighted by Gasteiger charge is 2.10. The number of aromatic hydroxyl groups is 1. The third-order valence-electron chi connectivity index (χ3n) is 4.97. The maximum atomic E-state index is 12.2. The molecule has 4 aromatic rings. The van der Waals surface area contributed by atoms with E-state index < -0.39 is 10.1 Å². The molecule has 0 saturated carbocycles. The second-order valence-electron chi connectivity index (χ2n) is 7.72. The van der Waals surface area contributed by atoms with Crippen LogP contribution in [-0.2, 0) is 17.2 Å². The molecule has 0 fully saturated rings.